The van der Waals surface area contributed by atoms with E-state index in [4.69, 9.17) is 17.3 Å². The van der Waals surface area contributed by atoms with Crippen molar-refractivity contribution in [2.75, 3.05) is 5.73 Å². The summed E-state index contributed by atoms with van der Waals surface area (Å²) >= 11 is 6.28. The first-order valence-electron chi connectivity index (χ1n) is 7.75. The number of nitriles is 1. The highest BCUT2D eigenvalue weighted by atomic mass is 35.5. The van der Waals surface area contributed by atoms with Crippen LogP contribution in [-0.4, -0.2) is 4.57 Å². The van der Waals surface area contributed by atoms with Crippen molar-refractivity contribution in [3.63, 3.8) is 0 Å². The van der Waals surface area contributed by atoms with Crippen LogP contribution in [0.2, 0.25) is 5.02 Å². The van der Waals surface area contributed by atoms with E-state index in [0.717, 1.165) is 11.3 Å². The van der Waals surface area contributed by atoms with Crippen LogP contribution in [0, 0.1) is 18.3 Å². The number of nitrogens with zero attached hydrogens (tertiary/aromatic N) is 2. The quantitative estimate of drug-likeness (QED) is 0.760. The van der Waals surface area contributed by atoms with E-state index >= 15 is 0 Å². The maximum atomic E-state index is 9.45. The van der Waals surface area contributed by atoms with Gasteiger partial charge in [-0.25, -0.2) is 0 Å². The number of halogens is 1. The van der Waals surface area contributed by atoms with Gasteiger partial charge in [0.2, 0.25) is 0 Å². The van der Waals surface area contributed by atoms with Crippen LogP contribution in [-0.2, 0) is 13.0 Å². The molecule has 0 atom stereocenters. The molecule has 0 saturated carbocycles. The minimum atomic E-state index is 0.529. The molecule has 3 nitrogen and oxygen atoms in total. The Kier molecular flexibility index (Phi) is 4.59. The van der Waals surface area contributed by atoms with E-state index in [9.17, 15) is 5.26 Å². The summed E-state index contributed by atoms with van der Waals surface area (Å²) in [5.41, 5.74) is 11.7. The molecule has 0 bridgehead atoms. The first-order chi connectivity index (χ1) is 11.6. The Labute approximate surface area is 146 Å². The number of aromatic nitrogens is 1. The molecule has 0 saturated heterocycles. The number of hydrogen-bond donors (Lipinski definition) is 1. The van der Waals surface area contributed by atoms with Crippen molar-refractivity contribution in [1.82, 2.24) is 4.57 Å². The minimum absolute atomic E-state index is 0.529. The zero-order valence-corrected chi connectivity index (χ0v) is 14.2. The van der Waals surface area contributed by atoms with Crippen molar-refractivity contribution in [3.05, 3.63) is 87.7 Å². The van der Waals surface area contributed by atoms with Crippen LogP contribution in [0.3, 0.4) is 0 Å². The Morgan fingerprint density at radius 3 is 2.62 bits per heavy atom. The van der Waals surface area contributed by atoms with Gasteiger partial charge in [0.1, 0.15) is 11.8 Å². The topological polar surface area (TPSA) is 54.7 Å². The summed E-state index contributed by atoms with van der Waals surface area (Å²) in [4.78, 5) is 0. The van der Waals surface area contributed by atoms with Gasteiger partial charge in [0, 0.05) is 17.1 Å². The van der Waals surface area contributed by atoms with Crippen LogP contribution >= 0.6 is 11.6 Å². The lowest BCUT2D eigenvalue weighted by molar-refractivity contribution is 0.749. The highest BCUT2D eigenvalue weighted by molar-refractivity contribution is 6.31. The van der Waals surface area contributed by atoms with Gasteiger partial charge in [-0.05, 0) is 30.2 Å². The summed E-state index contributed by atoms with van der Waals surface area (Å²) in [7, 11) is 0. The number of hydrogen-bond acceptors (Lipinski definition) is 2. The number of benzene rings is 2. The van der Waals surface area contributed by atoms with Crippen LogP contribution in [0.25, 0.3) is 0 Å². The molecule has 120 valence electrons. The second-order valence-electron chi connectivity index (χ2n) is 5.89. The SMILES string of the molecule is Cc1cccc(Cc2c(N)cc(C#N)n2Cc2ccccc2Cl)c1. The molecule has 0 spiro atoms. The van der Waals surface area contributed by atoms with Crippen molar-refractivity contribution in [2.45, 2.75) is 19.9 Å². The van der Waals surface area contributed by atoms with Gasteiger partial charge in [-0.1, -0.05) is 59.6 Å². The van der Waals surface area contributed by atoms with Crippen LogP contribution < -0.4 is 5.73 Å². The lowest BCUT2D eigenvalue weighted by Gasteiger charge is -2.13. The highest BCUT2D eigenvalue weighted by Crippen LogP contribution is 2.25. The maximum Gasteiger partial charge on any atom is 0.122 e. The van der Waals surface area contributed by atoms with E-state index in [-0.39, 0.29) is 0 Å². The third-order valence-electron chi connectivity index (χ3n) is 4.10. The Hall–Kier alpha value is -2.70. The molecule has 1 heterocycles. The third-order valence-corrected chi connectivity index (χ3v) is 4.47. The van der Waals surface area contributed by atoms with Gasteiger partial charge in [0.05, 0.1) is 12.2 Å². The number of nitrogen functional groups attached to an aromatic ring is 1. The van der Waals surface area contributed by atoms with Gasteiger partial charge in [-0.15, -0.1) is 0 Å². The second-order valence-corrected chi connectivity index (χ2v) is 6.29. The molecule has 0 radical (unpaired) electrons. The standard InChI is InChI=1S/C20H18ClN3/c1-14-5-4-6-15(9-14)10-20-19(23)11-17(12-22)24(20)13-16-7-2-3-8-18(16)21/h2-9,11H,10,13,23H2,1H3. The first-order valence-corrected chi connectivity index (χ1v) is 8.13. The summed E-state index contributed by atoms with van der Waals surface area (Å²) in [5, 5.41) is 10.1. The summed E-state index contributed by atoms with van der Waals surface area (Å²) in [6.07, 6.45) is 0.680. The van der Waals surface area contributed by atoms with E-state index < -0.39 is 0 Å². The van der Waals surface area contributed by atoms with E-state index in [1.807, 2.05) is 34.9 Å². The minimum Gasteiger partial charge on any atom is -0.397 e. The van der Waals surface area contributed by atoms with Crippen LogP contribution in [0.15, 0.2) is 54.6 Å². The fourth-order valence-electron chi connectivity index (χ4n) is 2.89. The van der Waals surface area contributed by atoms with Crippen molar-refractivity contribution < 1.29 is 0 Å². The van der Waals surface area contributed by atoms with Gasteiger partial charge in [-0.3, -0.25) is 0 Å². The van der Waals surface area contributed by atoms with E-state index in [1.54, 1.807) is 6.07 Å². The van der Waals surface area contributed by atoms with Crippen molar-refractivity contribution in [2.24, 2.45) is 0 Å². The van der Waals surface area contributed by atoms with Gasteiger partial charge in [0.25, 0.3) is 0 Å². The highest BCUT2D eigenvalue weighted by Gasteiger charge is 2.15. The number of rotatable bonds is 4. The summed E-state index contributed by atoms with van der Waals surface area (Å²) < 4.78 is 1.96. The number of nitrogens with two attached hydrogens (primary N) is 1. The Morgan fingerprint density at radius 2 is 1.92 bits per heavy atom. The molecule has 3 aromatic rings. The molecule has 0 unspecified atom stereocenters. The zero-order chi connectivity index (χ0) is 17.1. The van der Waals surface area contributed by atoms with Crippen LogP contribution in [0.1, 0.15) is 28.1 Å². The Bertz CT molecular complexity index is 919. The normalized spacial score (nSPS) is 10.5. The van der Waals surface area contributed by atoms with Gasteiger partial charge in [0.15, 0.2) is 0 Å². The molecule has 0 amide bonds. The molecular formula is C20H18ClN3. The maximum absolute atomic E-state index is 9.45. The molecule has 0 aliphatic heterocycles. The van der Waals surface area contributed by atoms with Gasteiger partial charge in [-0.2, -0.15) is 5.26 Å². The fraction of sp³-hybridized carbons (Fsp3) is 0.150. The molecular weight excluding hydrogens is 318 g/mol. The zero-order valence-electron chi connectivity index (χ0n) is 13.5. The smallest absolute Gasteiger partial charge is 0.122 e. The lowest BCUT2D eigenvalue weighted by atomic mass is 10.1. The molecule has 24 heavy (non-hydrogen) atoms. The average molecular weight is 336 g/mol. The van der Waals surface area contributed by atoms with Crippen molar-refractivity contribution in [3.8, 4) is 6.07 Å². The number of anilines is 1. The van der Waals surface area contributed by atoms with E-state index in [0.29, 0.717) is 29.4 Å². The van der Waals surface area contributed by atoms with E-state index in [2.05, 4.69) is 31.2 Å². The third kappa shape index (κ3) is 3.29. The largest absolute Gasteiger partial charge is 0.397 e. The van der Waals surface area contributed by atoms with Gasteiger partial charge >= 0.3 is 0 Å². The van der Waals surface area contributed by atoms with E-state index in [1.165, 1.54) is 11.1 Å². The lowest BCUT2D eigenvalue weighted by Crippen LogP contribution is -2.09. The second kappa shape index (κ2) is 6.82. The predicted molar refractivity (Wildman–Crippen MR) is 98.1 cm³/mol. The first kappa shape index (κ1) is 16.2. The Balaban J connectivity index is 2.02. The molecule has 0 aliphatic carbocycles. The van der Waals surface area contributed by atoms with Crippen LogP contribution in [0.5, 0.6) is 0 Å². The molecule has 0 aliphatic rings. The Morgan fingerprint density at radius 1 is 1.12 bits per heavy atom. The molecule has 2 aromatic carbocycles. The molecule has 3 rings (SSSR count). The summed E-state index contributed by atoms with van der Waals surface area (Å²) in [5.74, 6) is 0. The van der Waals surface area contributed by atoms with Crippen LogP contribution in [0.4, 0.5) is 5.69 Å². The molecule has 2 N–H and O–H groups in total. The number of aryl methyl sites for hydroxylation is 1. The molecule has 1 aromatic heterocycles. The summed E-state index contributed by atoms with van der Waals surface area (Å²) in [6.45, 7) is 2.59. The van der Waals surface area contributed by atoms with Gasteiger partial charge < -0.3 is 10.3 Å². The predicted octanol–water partition coefficient (Wildman–Crippen LogP) is 4.54. The molecule has 0 fully saturated rings. The fourth-order valence-corrected chi connectivity index (χ4v) is 3.09. The summed E-state index contributed by atoms with van der Waals surface area (Å²) in [6, 6.07) is 20.0. The monoisotopic (exact) mass is 335 g/mol. The van der Waals surface area contributed by atoms with Crippen molar-refractivity contribution >= 4 is 17.3 Å². The molecule has 4 heteroatoms. The van der Waals surface area contributed by atoms with Crippen molar-refractivity contribution in [1.29, 1.82) is 5.26 Å². The average Bonchev–Trinajstić information content (AvgIpc) is 2.85.